The molecule has 0 aliphatic heterocycles. The molecule has 3 aliphatic rings. The summed E-state index contributed by atoms with van der Waals surface area (Å²) in [6, 6.07) is 0. The highest BCUT2D eigenvalue weighted by Crippen LogP contribution is 2.68. The van der Waals surface area contributed by atoms with Gasteiger partial charge in [-0.1, -0.05) is 34.1 Å². The van der Waals surface area contributed by atoms with Gasteiger partial charge in [0.1, 0.15) is 0 Å². The molecule has 0 aromatic heterocycles. The molecule has 0 saturated heterocycles. The summed E-state index contributed by atoms with van der Waals surface area (Å²) in [7, 11) is 1.46. The first kappa shape index (κ1) is 18.0. The molecule has 0 amide bonds. The van der Waals surface area contributed by atoms with Gasteiger partial charge in [-0.15, -0.1) is 0 Å². The fourth-order valence-corrected chi connectivity index (χ4v) is 6.99. The SMILES string of the molecule is COC(=O)C1=C(C)[C@H](O)C[C@H]2[C@]3(C)CCCC(C)(C)[C@H]3CC[C@]12C. The monoisotopic (exact) mass is 334 g/mol. The van der Waals surface area contributed by atoms with Crippen molar-refractivity contribution in [3.05, 3.63) is 11.1 Å². The number of aliphatic hydroxyl groups is 1. The van der Waals surface area contributed by atoms with Gasteiger partial charge in [0.05, 0.1) is 13.2 Å². The standard InChI is InChI=1S/C21H34O3/c1-13-14(22)12-16-20(4)10-7-9-19(2,3)15(20)8-11-21(16,5)17(13)18(23)24-6/h14-16,22H,7-12H2,1-6H3/t14-,15-,16+,20-,21+/m1/s1. The van der Waals surface area contributed by atoms with E-state index in [1.54, 1.807) is 0 Å². The molecule has 136 valence electrons. The van der Waals surface area contributed by atoms with Crippen LogP contribution < -0.4 is 0 Å². The van der Waals surface area contributed by atoms with Crippen LogP contribution in [0.25, 0.3) is 0 Å². The van der Waals surface area contributed by atoms with Crippen LogP contribution in [0.4, 0.5) is 0 Å². The van der Waals surface area contributed by atoms with E-state index in [4.69, 9.17) is 4.74 Å². The molecule has 1 N–H and O–H groups in total. The molecule has 3 heteroatoms. The number of rotatable bonds is 1. The number of hydrogen-bond acceptors (Lipinski definition) is 3. The maximum atomic E-state index is 12.6. The van der Waals surface area contributed by atoms with Crippen LogP contribution in [0, 0.1) is 28.1 Å². The van der Waals surface area contributed by atoms with Gasteiger partial charge in [-0.05, 0) is 67.3 Å². The molecule has 2 saturated carbocycles. The van der Waals surface area contributed by atoms with E-state index in [2.05, 4.69) is 27.7 Å². The van der Waals surface area contributed by atoms with Crippen LogP contribution in [-0.2, 0) is 9.53 Å². The number of carbonyl (C=O) groups excluding carboxylic acids is 1. The average Bonchev–Trinajstić information content (AvgIpc) is 2.48. The number of esters is 1. The molecule has 0 radical (unpaired) electrons. The lowest BCUT2D eigenvalue weighted by molar-refractivity contribution is -0.151. The van der Waals surface area contributed by atoms with Crippen LogP contribution >= 0.6 is 0 Å². The number of fused-ring (bicyclic) bond motifs is 3. The Kier molecular flexibility index (Phi) is 4.18. The maximum absolute atomic E-state index is 12.6. The van der Waals surface area contributed by atoms with E-state index in [-0.39, 0.29) is 16.8 Å². The Labute approximate surface area is 146 Å². The molecule has 0 aromatic carbocycles. The summed E-state index contributed by atoms with van der Waals surface area (Å²) in [6.07, 6.45) is 6.21. The molecule has 3 rings (SSSR count). The third-order valence-electron chi connectivity index (χ3n) is 8.11. The predicted octanol–water partition coefficient (Wildman–Crippen LogP) is 4.49. The zero-order chi connectivity index (χ0) is 17.9. The highest BCUT2D eigenvalue weighted by Gasteiger charge is 2.61. The molecule has 3 nitrogen and oxygen atoms in total. The summed E-state index contributed by atoms with van der Waals surface area (Å²) in [5, 5.41) is 10.7. The fourth-order valence-electron chi connectivity index (χ4n) is 6.99. The lowest BCUT2D eigenvalue weighted by atomic mass is 9.40. The maximum Gasteiger partial charge on any atom is 0.334 e. The number of methoxy groups -OCH3 is 1. The van der Waals surface area contributed by atoms with E-state index >= 15 is 0 Å². The molecular formula is C21H34O3. The third-order valence-corrected chi connectivity index (χ3v) is 8.11. The van der Waals surface area contributed by atoms with E-state index in [1.807, 2.05) is 6.92 Å². The predicted molar refractivity (Wildman–Crippen MR) is 95.4 cm³/mol. The summed E-state index contributed by atoms with van der Waals surface area (Å²) in [6.45, 7) is 11.4. The molecule has 5 atom stereocenters. The van der Waals surface area contributed by atoms with Crippen LogP contribution in [0.2, 0.25) is 0 Å². The van der Waals surface area contributed by atoms with Crippen LogP contribution in [0.1, 0.15) is 73.1 Å². The van der Waals surface area contributed by atoms with Gasteiger partial charge >= 0.3 is 5.97 Å². The second kappa shape index (κ2) is 5.59. The Morgan fingerprint density at radius 2 is 1.79 bits per heavy atom. The zero-order valence-corrected chi connectivity index (χ0v) is 16.2. The van der Waals surface area contributed by atoms with Crippen molar-refractivity contribution in [2.75, 3.05) is 7.11 Å². The Balaban J connectivity index is 2.11. The van der Waals surface area contributed by atoms with Crippen molar-refractivity contribution in [1.29, 1.82) is 0 Å². The van der Waals surface area contributed by atoms with Crippen molar-refractivity contribution in [3.63, 3.8) is 0 Å². The molecule has 2 fully saturated rings. The first-order valence-electron chi connectivity index (χ1n) is 9.55. The second-order valence-corrected chi connectivity index (χ2v) is 9.71. The minimum absolute atomic E-state index is 0.172. The van der Waals surface area contributed by atoms with Crippen molar-refractivity contribution in [3.8, 4) is 0 Å². The van der Waals surface area contributed by atoms with Gasteiger partial charge < -0.3 is 9.84 Å². The quantitative estimate of drug-likeness (QED) is 0.719. The number of ether oxygens (including phenoxy) is 1. The molecule has 0 spiro atoms. The van der Waals surface area contributed by atoms with Crippen LogP contribution in [-0.4, -0.2) is 24.3 Å². The Morgan fingerprint density at radius 1 is 1.12 bits per heavy atom. The van der Waals surface area contributed by atoms with Gasteiger partial charge in [0.15, 0.2) is 0 Å². The van der Waals surface area contributed by atoms with E-state index in [0.717, 1.165) is 24.0 Å². The fraction of sp³-hybridized carbons (Fsp3) is 0.857. The third kappa shape index (κ3) is 2.30. The average molecular weight is 335 g/mol. The Morgan fingerprint density at radius 3 is 2.42 bits per heavy atom. The van der Waals surface area contributed by atoms with Crippen molar-refractivity contribution in [1.82, 2.24) is 0 Å². The molecule has 24 heavy (non-hydrogen) atoms. The van der Waals surface area contributed by atoms with Crippen molar-refractivity contribution in [2.45, 2.75) is 79.2 Å². The van der Waals surface area contributed by atoms with Crippen molar-refractivity contribution in [2.24, 2.45) is 28.1 Å². The van der Waals surface area contributed by atoms with E-state index < -0.39 is 6.10 Å². The normalized spacial score (nSPS) is 44.5. The number of carbonyl (C=O) groups is 1. The smallest absolute Gasteiger partial charge is 0.334 e. The lowest BCUT2D eigenvalue weighted by Crippen LogP contribution is -2.58. The molecule has 3 aliphatic carbocycles. The summed E-state index contributed by atoms with van der Waals surface area (Å²) < 4.78 is 5.12. The first-order chi connectivity index (χ1) is 11.1. The van der Waals surface area contributed by atoms with Crippen molar-refractivity contribution < 1.29 is 14.6 Å². The van der Waals surface area contributed by atoms with Crippen molar-refractivity contribution >= 4 is 5.97 Å². The highest BCUT2D eigenvalue weighted by molar-refractivity contribution is 5.91. The van der Waals surface area contributed by atoms with E-state index in [0.29, 0.717) is 17.3 Å². The molecule has 0 aromatic rings. The lowest BCUT2D eigenvalue weighted by Gasteiger charge is -2.64. The summed E-state index contributed by atoms with van der Waals surface area (Å²) in [4.78, 5) is 12.6. The highest BCUT2D eigenvalue weighted by atomic mass is 16.5. The van der Waals surface area contributed by atoms with E-state index in [1.165, 1.54) is 32.8 Å². The molecule has 0 heterocycles. The van der Waals surface area contributed by atoms with Gasteiger partial charge in [0.2, 0.25) is 0 Å². The minimum atomic E-state index is -0.516. The second-order valence-electron chi connectivity index (χ2n) is 9.71. The Hall–Kier alpha value is -0.830. The van der Waals surface area contributed by atoms with Gasteiger partial charge in [0.25, 0.3) is 0 Å². The molecular weight excluding hydrogens is 300 g/mol. The summed E-state index contributed by atoms with van der Waals surface area (Å²) >= 11 is 0. The summed E-state index contributed by atoms with van der Waals surface area (Å²) in [5.41, 5.74) is 1.96. The molecule has 0 bridgehead atoms. The largest absolute Gasteiger partial charge is 0.466 e. The Bertz CT molecular complexity index is 576. The topological polar surface area (TPSA) is 46.5 Å². The van der Waals surface area contributed by atoms with Gasteiger partial charge in [-0.25, -0.2) is 4.79 Å². The van der Waals surface area contributed by atoms with E-state index in [9.17, 15) is 9.90 Å². The van der Waals surface area contributed by atoms with Crippen LogP contribution in [0.15, 0.2) is 11.1 Å². The summed E-state index contributed by atoms with van der Waals surface area (Å²) in [5.74, 6) is 0.772. The van der Waals surface area contributed by atoms with Crippen LogP contribution in [0.5, 0.6) is 0 Å². The number of aliphatic hydroxyl groups excluding tert-OH is 1. The van der Waals surface area contributed by atoms with Gasteiger partial charge in [-0.2, -0.15) is 0 Å². The van der Waals surface area contributed by atoms with Gasteiger partial charge in [0, 0.05) is 11.0 Å². The van der Waals surface area contributed by atoms with Crippen LogP contribution in [0.3, 0.4) is 0 Å². The number of hydrogen-bond donors (Lipinski definition) is 1. The van der Waals surface area contributed by atoms with Gasteiger partial charge in [-0.3, -0.25) is 0 Å². The zero-order valence-electron chi connectivity index (χ0n) is 16.2. The molecule has 0 unspecified atom stereocenters. The minimum Gasteiger partial charge on any atom is -0.466 e. The first-order valence-corrected chi connectivity index (χ1v) is 9.55.